The highest BCUT2D eigenvalue weighted by atomic mass is 35.5. The Morgan fingerprint density at radius 3 is 2.41 bits per heavy atom. The summed E-state index contributed by atoms with van der Waals surface area (Å²) in [5.74, 6) is 0.717. The Morgan fingerprint density at radius 2 is 1.79 bits per heavy atom. The fourth-order valence-corrected chi connectivity index (χ4v) is 2.95. The topological polar surface area (TPSA) is 70.7 Å². The second-order valence-electron chi connectivity index (χ2n) is 6.36. The molecule has 6 nitrogen and oxygen atoms in total. The van der Waals surface area contributed by atoms with E-state index < -0.39 is 0 Å². The van der Waals surface area contributed by atoms with Crippen molar-refractivity contribution in [2.75, 3.05) is 30.4 Å². The van der Waals surface area contributed by atoms with Crippen LogP contribution >= 0.6 is 23.2 Å². The molecule has 0 atom stereocenters. The van der Waals surface area contributed by atoms with Crippen LogP contribution in [-0.2, 0) is 4.79 Å². The normalized spacial score (nSPS) is 10.3. The number of halogens is 2. The number of nitrogens with one attached hydrogen (secondary N) is 2. The molecule has 2 rings (SSSR count). The Balaban J connectivity index is 2.08. The fraction of sp³-hybridized carbons (Fsp3) is 0.333. The lowest BCUT2D eigenvalue weighted by molar-refractivity contribution is -0.121. The van der Waals surface area contributed by atoms with E-state index in [-0.39, 0.29) is 11.9 Å². The average molecular weight is 438 g/mol. The fourth-order valence-electron chi connectivity index (χ4n) is 2.66. The largest absolute Gasteiger partial charge is 0.497 e. The third-order valence-electron chi connectivity index (χ3n) is 4.16. The number of hydrogen-bond acceptors (Lipinski definition) is 3. The molecule has 0 unspecified atom stereocenters. The van der Waals surface area contributed by atoms with Gasteiger partial charge in [0.2, 0.25) is 5.91 Å². The zero-order valence-corrected chi connectivity index (χ0v) is 18.0. The van der Waals surface area contributed by atoms with Crippen molar-refractivity contribution in [1.82, 2.24) is 5.32 Å². The first-order valence-corrected chi connectivity index (χ1v) is 10.1. The smallest absolute Gasteiger partial charge is 0.326 e. The standard InChI is InChI=1S/C21H25Cl2N3O3/c1-3-5-20(27)24-12-4-13-26(16-7-9-17(29-2)10-8-16)21(28)25-15-6-11-18(22)19(23)14-15/h6-11,14H,3-5,12-13H2,1-2H3,(H,24,27)(H,25,28). The third kappa shape index (κ3) is 7.15. The van der Waals surface area contributed by atoms with Gasteiger partial charge in [-0.2, -0.15) is 0 Å². The molecule has 29 heavy (non-hydrogen) atoms. The molecule has 0 aromatic heterocycles. The van der Waals surface area contributed by atoms with Crippen LogP contribution < -0.4 is 20.3 Å². The van der Waals surface area contributed by atoms with Crippen LogP contribution in [0.15, 0.2) is 42.5 Å². The lowest BCUT2D eigenvalue weighted by atomic mass is 10.2. The lowest BCUT2D eigenvalue weighted by Crippen LogP contribution is -2.37. The van der Waals surface area contributed by atoms with E-state index in [1.165, 1.54) is 0 Å². The number of amides is 3. The van der Waals surface area contributed by atoms with E-state index in [0.29, 0.717) is 53.1 Å². The quantitative estimate of drug-likeness (QED) is 0.519. The molecule has 0 aliphatic heterocycles. The second-order valence-corrected chi connectivity index (χ2v) is 7.18. The summed E-state index contributed by atoms with van der Waals surface area (Å²) in [6, 6.07) is 11.8. The minimum atomic E-state index is -0.312. The number of hydrogen-bond donors (Lipinski definition) is 2. The molecule has 156 valence electrons. The van der Waals surface area contributed by atoms with Crippen molar-refractivity contribution in [3.8, 4) is 5.75 Å². The maximum atomic E-state index is 12.9. The molecule has 3 amide bonds. The first-order valence-electron chi connectivity index (χ1n) is 9.39. The Hall–Kier alpha value is -2.44. The van der Waals surface area contributed by atoms with Gasteiger partial charge in [-0.05, 0) is 55.3 Å². The average Bonchev–Trinajstić information content (AvgIpc) is 2.71. The second kappa shape index (κ2) is 11.5. The third-order valence-corrected chi connectivity index (χ3v) is 4.90. The highest BCUT2D eigenvalue weighted by Gasteiger charge is 2.16. The van der Waals surface area contributed by atoms with Crippen molar-refractivity contribution >= 4 is 46.5 Å². The van der Waals surface area contributed by atoms with Gasteiger partial charge in [-0.1, -0.05) is 30.1 Å². The van der Waals surface area contributed by atoms with E-state index in [1.807, 2.05) is 19.1 Å². The van der Waals surface area contributed by atoms with Crippen molar-refractivity contribution in [3.05, 3.63) is 52.5 Å². The zero-order valence-electron chi connectivity index (χ0n) is 16.5. The summed E-state index contributed by atoms with van der Waals surface area (Å²) in [6.45, 7) is 2.87. The summed E-state index contributed by atoms with van der Waals surface area (Å²) >= 11 is 12.0. The summed E-state index contributed by atoms with van der Waals surface area (Å²) in [5.41, 5.74) is 1.25. The molecule has 0 spiro atoms. The van der Waals surface area contributed by atoms with E-state index >= 15 is 0 Å². The van der Waals surface area contributed by atoms with E-state index in [9.17, 15) is 9.59 Å². The van der Waals surface area contributed by atoms with Gasteiger partial charge in [0.05, 0.1) is 17.2 Å². The van der Waals surface area contributed by atoms with Crippen LogP contribution in [0.3, 0.4) is 0 Å². The molecule has 2 aromatic carbocycles. The number of rotatable bonds is 9. The zero-order chi connectivity index (χ0) is 21.2. The molecule has 0 radical (unpaired) electrons. The lowest BCUT2D eigenvalue weighted by Gasteiger charge is -2.24. The van der Waals surface area contributed by atoms with Crippen molar-refractivity contribution in [3.63, 3.8) is 0 Å². The number of nitrogens with zero attached hydrogens (tertiary/aromatic N) is 1. The first-order chi connectivity index (χ1) is 13.9. The van der Waals surface area contributed by atoms with Crippen molar-refractivity contribution in [2.45, 2.75) is 26.2 Å². The molecular formula is C21H25Cl2N3O3. The van der Waals surface area contributed by atoms with Crippen LogP contribution in [0.1, 0.15) is 26.2 Å². The molecule has 8 heteroatoms. The van der Waals surface area contributed by atoms with Crippen LogP contribution in [-0.4, -0.2) is 32.1 Å². The van der Waals surface area contributed by atoms with E-state index in [1.54, 1.807) is 42.3 Å². The van der Waals surface area contributed by atoms with Gasteiger partial charge in [0.1, 0.15) is 5.75 Å². The molecule has 0 bridgehead atoms. The Labute approximate surface area is 181 Å². The minimum Gasteiger partial charge on any atom is -0.497 e. The molecule has 0 aliphatic rings. The van der Waals surface area contributed by atoms with Gasteiger partial charge in [-0.25, -0.2) is 4.79 Å². The highest BCUT2D eigenvalue weighted by Crippen LogP contribution is 2.26. The molecule has 0 aliphatic carbocycles. The van der Waals surface area contributed by atoms with Gasteiger partial charge >= 0.3 is 6.03 Å². The van der Waals surface area contributed by atoms with Crippen molar-refractivity contribution < 1.29 is 14.3 Å². The van der Waals surface area contributed by atoms with Gasteiger partial charge in [0, 0.05) is 30.9 Å². The van der Waals surface area contributed by atoms with Gasteiger partial charge in [0.15, 0.2) is 0 Å². The summed E-state index contributed by atoms with van der Waals surface area (Å²) < 4.78 is 5.18. The molecule has 2 N–H and O–H groups in total. The van der Waals surface area contributed by atoms with Gasteiger partial charge in [-0.3, -0.25) is 9.69 Å². The maximum Gasteiger partial charge on any atom is 0.326 e. The number of benzene rings is 2. The van der Waals surface area contributed by atoms with E-state index in [0.717, 1.165) is 6.42 Å². The summed E-state index contributed by atoms with van der Waals surface area (Å²) in [5, 5.41) is 6.47. The van der Waals surface area contributed by atoms with E-state index in [2.05, 4.69) is 10.6 Å². The summed E-state index contributed by atoms with van der Waals surface area (Å²) in [6.07, 6.45) is 1.91. The molecule has 0 heterocycles. The van der Waals surface area contributed by atoms with Crippen molar-refractivity contribution in [1.29, 1.82) is 0 Å². The molecule has 0 fully saturated rings. The molecule has 0 saturated carbocycles. The number of carbonyl (C=O) groups is 2. The minimum absolute atomic E-state index is 0.0174. The van der Waals surface area contributed by atoms with Crippen LogP contribution in [0.2, 0.25) is 10.0 Å². The van der Waals surface area contributed by atoms with Gasteiger partial charge in [-0.15, -0.1) is 0 Å². The molecule has 0 saturated heterocycles. The van der Waals surface area contributed by atoms with Crippen LogP contribution in [0.4, 0.5) is 16.2 Å². The SMILES string of the molecule is CCCC(=O)NCCCN(C(=O)Nc1ccc(Cl)c(Cl)c1)c1ccc(OC)cc1. The van der Waals surface area contributed by atoms with Crippen LogP contribution in [0.25, 0.3) is 0 Å². The summed E-state index contributed by atoms with van der Waals surface area (Å²) in [7, 11) is 1.59. The predicted molar refractivity (Wildman–Crippen MR) is 118 cm³/mol. The van der Waals surface area contributed by atoms with Gasteiger partial charge in [0.25, 0.3) is 0 Å². The number of carbonyl (C=O) groups excluding carboxylic acids is 2. The maximum absolute atomic E-state index is 12.9. The number of urea groups is 1. The number of anilines is 2. The Morgan fingerprint density at radius 1 is 1.07 bits per heavy atom. The first kappa shape index (κ1) is 22.8. The Kier molecular flexibility index (Phi) is 9.09. The molecular weight excluding hydrogens is 413 g/mol. The van der Waals surface area contributed by atoms with E-state index in [4.69, 9.17) is 27.9 Å². The van der Waals surface area contributed by atoms with Crippen molar-refractivity contribution in [2.24, 2.45) is 0 Å². The summed E-state index contributed by atoms with van der Waals surface area (Å²) in [4.78, 5) is 26.1. The van der Waals surface area contributed by atoms with Gasteiger partial charge < -0.3 is 15.4 Å². The number of methoxy groups -OCH3 is 1. The van der Waals surface area contributed by atoms with Crippen LogP contribution in [0, 0.1) is 0 Å². The molecule has 2 aromatic rings. The highest BCUT2D eigenvalue weighted by molar-refractivity contribution is 6.42. The monoisotopic (exact) mass is 437 g/mol. The predicted octanol–water partition coefficient (Wildman–Crippen LogP) is 5.35. The van der Waals surface area contributed by atoms with Crippen LogP contribution in [0.5, 0.6) is 5.75 Å². The number of ether oxygens (including phenoxy) is 1. The Bertz CT molecular complexity index is 828.